The van der Waals surface area contributed by atoms with Gasteiger partial charge in [0.2, 0.25) is 5.91 Å². The maximum Gasteiger partial charge on any atom is 0.233 e. The number of aromatic nitrogens is 2. The van der Waals surface area contributed by atoms with Crippen LogP contribution in [0.5, 0.6) is 0 Å². The number of amides is 1. The Labute approximate surface area is 94.9 Å². The fourth-order valence-electron chi connectivity index (χ4n) is 1.01. The third kappa shape index (κ3) is 3.87. The van der Waals surface area contributed by atoms with Gasteiger partial charge in [-0.15, -0.1) is 0 Å². The van der Waals surface area contributed by atoms with Gasteiger partial charge in [-0.25, -0.2) is 9.97 Å². The molecule has 15 heavy (non-hydrogen) atoms. The average molecular weight is 225 g/mol. The molecule has 1 rings (SSSR count). The van der Waals surface area contributed by atoms with Gasteiger partial charge in [-0.1, -0.05) is 13.8 Å². The standard InChI is InChI=1S/C10H15N3OS/c1-7(2)9(15)10(14)12-5-8-3-4-11-6-13-8/h3-4,6-7,9,15H,5H2,1-2H3,(H,12,14). The third-order valence-electron chi connectivity index (χ3n) is 1.99. The van der Waals surface area contributed by atoms with Crippen LogP contribution in [0, 0.1) is 5.92 Å². The highest BCUT2D eigenvalue weighted by Gasteiger charge is 2.16. The Kier molecular flexibility index (Phi) is 4.55. The lowest BCUT2D eigenvalue weighted by Crippen LogP contribution is -2.34. The molecule has 0 fully saturated rings. The molecule has 0 radical (unpaired) electrons. The van der Waals surface area contributed by atoms with Gasteiger partial charge in [-0.2, -0.15) is 12.6 Å². The molecule has 0 saturated heterocycles. The molecule has 0 bridgehead atoms. The molecule has 0 aromatic carbocycles. The molecular weight excluding hydrogens is 210 g/mol. The summed E-state index contributed by atoms with van der Waals surface area (Å²) in [6.07, 6.45) is 3.11. The van der Waals surface area contributed by atoms with Gasteiger partial charge in [-0.3, -0.25) is 4.79 Å². The lowest BCUT2D eigenvalue weighted by atomic mass is 10.1. The first-order valence-corrected chi connectivity index (χ1v) is 5.33. The molecule has 0 saturated carbocycles. The van der Waals surface area contributed by atoms with Crippen molar-refractivity contribution < 1.29 is 4.79 Å². The van der Waals surface area contributed by atoms with Gasteiger partial charge in [0.1, 0.15) is 6.33 Å². The van der Waals surface area contributed by atoms with Crippen LogP contribution < -0.4 is 5.32 Å². The van der Waals surface area contributed by atoms with Crippen LogP contribution in [0.25, 0.3) is 0 Å². The summed E-state index contributed by atoms with van der Waals surface area (Å²) in [5.41, 5.74) is 0.794. The van der Waals surface area contributed by atoms with E-state index in [4.69, 9.17) is 0 Å². The average Bonchev–Trinajstić information content (AvgIpc) is 2.26. The minimum atomic E-state index is -0.271. The quantitative estimate of drug-likeness (QED) is 0.753. The van der Waals surface area contributed by atoms with Gasteiger partial charge in [0, 0.05) is 6.20 Å². The van der Waals surface area contributed by atoms with Crippen molar-refractivity contribution in [3.8, 4) is 0 Å². The highest BCUT2D eigenvalue weighted by molar-refractivity contribution is 7.81. The summed E-state index contributed by atoms with van der Waals surface area (Å²) in [5.74, 6) is 0.158. The molecule has 1 N–H and O–H groups in total. The first kappa shape index (κ1) is 12.0. The predicted octanol–water partition coefficient (Wildman–Crippen LogP) is 1.05. The Morgan fingerprint density at radius 2 is 2.33 bits per heavy atom. The molecule has 0 aliphatic carbocycles. The van der Waals surface area contributed by atoms with Crippen molar-refractivity contribution in [1.82, 2.24) is 15.3 Å². The normalized spacial score (nSPS) is 12.5. The molecule has 1 atom stereocenters. The van der Waals surface area contributed by atoms with Crippen molar-refractivity contribution in [3.05, 3.63) is 24.3 Å². The molecule has 4 nitrogen and oxygen atoms in total. The van der Waals surface area contributed by atoms with Crippen molar-refractivity contribution in [2.24, 2.45) is 5.92 Å². The second kappa shape index (κ2) is 5.70. The molecule has 0 aliphatic heterocycles. The Balaban J connectivity index is 2.41. The van der Waals surface area contributed by atoms with E-state index < -0.39 is 0 Å². The van der Waals surface area contributed by atoms with Gasteiger partial charge in [-0.05, 0) is 12.0 Å². The van der Waals surface area contributed by atoms with Gasteiger partial charge in [0.15, 0.2) is 0 Å². The number of rotatable bonds is 4. The number of nitrogens with zero attached hydrogens (tertiary/aromatic N) is 2. The molecule has 1 amide bonds. The van der Waals surface area contributed by atoms with Crippen molar-refractivity contribution in [2.45, 2.75) is 25.6 Å². The van der Waals surface area contributed by atoms with E-state index in [1.807, 2.05) is 13.8 Å². The van der Waals surface area contributed by atoms with Crippen LogP contribution in [0.3, 0.4) is 0 Å². The summed E-state index contributed by atoms with van der Waals surface area (Å²) in [6.45, 7) is 4.34. The Morgan fingerprint density at radius 3 is 2.87 bits per heavy atom. The van der Waals surface area contributed by atoms with E-state index >= 15 is 0 Å². The maximum absolute atomic E-state index is 11.5. The van der Waals surface area contributed by atoms with Crippen LogP contribution >= 0.6 is 12.6 Å². The van der Waals surface area contributed by atoms with Gasteiger partial charge >= 0.3 is 0 Å². The van der Waals surface area contributed by atoms with Crippen molar-refractivity contribution in [1.29, 1.82) is 0 Å². The van der Waals surface area contributed by atoms with Crippen LogP contribution in [0.4, 0.5) is 0 Å². The Hall–Kier alpha value is -1.10. The summed E-state index contributed by atoms with van der Waals surface area (Å²) >= 11 is 4.22. The molecule has 1 unspecified atom stereocenters. The summed E-state index contributed by atoms with van der Waals surface area (Å²) in [7, 11) is 0. The van der Waals surface area contributed by atoms with Gasteiger partial charge in [0.05, 0.1) is 17.5 Å². The Morgan fingerprint density at radius 1 is 1.60 bits per heavy atom. The maximum atomic E-state index is 11.5. The SMILES string of the molecule is CC(C)C(S)C(=O)NCc1ccncn1. The van der Waals surface area contributed by atoms with Crippen LogP contribution in [0.15, 0.2) is 18.6 Å². The molecule has 82 valence electrons. The Bertz CT molecular complexity index is 316. The molecule has 1 heterocycles. The molecule has 1 aromatic rings. The first-order valence-electron chi connectivity index (χ1n) is 4.82. The number of thiol groups is 1. The highest BCUT2D eigenvalue weighted by Crippen LogP contribution is 2.08. The number of hydrogen-bond acceptors (Lipinski definition) is 4. The van der Waals surface area contributed by atoms with E-state index in [1.165, 1.54) is 6.33 Å². The van der Waals surface area contributed by atoms with E-state index in [1.54, 1.807) is 12.3 Å². The molecule has 1 aromatic heterocycles. The van der Waals surface area contributed by atoms with Crippen LogP contribution in [-0.4, -0.2) is 21.1 Å². The molecular formula is C10H15N3OS. The van der Waals surface area contributed by atoms with E-state index in [2.05, 4.69) is 27.9 Å². The number of hydrogen-bond donors (Lipinski definition) is 2. The summed E-state index contributed by atoms with van der Waals surface area (Å²) in [5, 5.41) is 2.50. The van der Waals surface area contributed by atoms with E-state index in [-0.39, 0.29) is 17.1 Å². The first-order chi connectivity index (χ1) is 7.11. The third-order valence-corrected chi connectivity index (χ3v) is 2.82. The second-order valence-corrected chi connectivity index (χ2v) is 4.16. The van der Waals surface area contributed by atoms with E-state index in [9.17, 15) is 4.79 Å². The van der Waals surface area contributed by atoms with Crippen molar-refractivity contribution >= 4 is 18.5 Å². The largest absolute Gasteiger partial charge is 0.349 e. The smallest absolute Gasteiger partial charge is 0.233 e. The van der Waals surface area contributed by atoms with E-state index in [0.29, 0.717) is 6.54 Å². The zero-order valence-electron chi connectivity index (χ0n) is 8.84. The summed E-state index contributed by atoms with van der Waals surface area (Å²) in [6, 6.07) is 1.77. The minimum absolute atomic E-state index is 0.0630. The van der Waals surface area contributed by atoms with E-state index in [0.717, 1.165) is 5.69 Å². The molecule has 0 aliphatic rings. The molecule has 0 spiro atoms. The summed E-state index contributed by atoms with van der Waals surface area (Å²) in [4.78, 5) is 19.3. The predicted molar refractivity (Wildman–Crippen MR) is 61.5 cm³/mol. The van der Waals surface area contributed by atoms with Crippen LogP contribution in [0.1, 0.15) is 19.5 Å². The summed E-state index contributed by atoms with van der Waals surface area (Å²) < 4.78 is 0. The highest BCUT2D eigenvalue weighted by atomic mass is 32.1. The second-order valence-electron chi connectivity index (χ2n) is 3.61. The monoisotopic (exact) mass is 225 g/mol. The number of nitrogens with one attached hydrogen (secondary N) is 1. The number of carbonyl (C=O) groups excluding carboxylic acids is 1. The van der Waals surface area contributed by atoms with Crippen molar-refractivity contribution in [3.63, 3.8) is 0 Å². The lowest BCUT2D eigenvalue weighted by molar-refractivity contribution is -0.121. The molecule has 5 heteroatoms. The minimum Gasteiger partial charge on any atom is -0.349 e. The number of carbonyl (C=O) groups is 1. The van der Waals surface area contributed by atoms with Crippen molar-refractivity contribution in [2.75, 3.05) is 0 Å². The fraction of sp³-hybridized carbons (Fsp3) is 0.500. The zero-order chi connectivity index (χ0) is 11.3. The van der Waals surface area contributed by atoms with Crippen LogP contribution in [0.2, 0.25) is 0 Å². The van der Waals surface area contributed by atoms with Crippen LogP contribution in [-0.2, 0) is 11.3 Å². The lowest BCUT2D eigenvalue weighted by Gasteiger charge is -2.14. The fourth-order valence-corrected chi connectivity index (χ4v) is 1.10. The zero-order valence-corrected chi connectivity index (χ0v) is 9.74. The topological polar surface area (TPSA) is 54.9 Å². The van der Waals surface area contributed by atoms with Gasteiger partial charge in [0.25, 0.3) is 0 Å². The van der Waals surface area contributed by atoms with Gasteiger partial charge < -0.3 is 5.32 Å².